The highest BCUT2D eigenvalue weighted by Gasteiger charge is 2.36. The lowest BCUT2D eigenvalue weighted by molar-refractivity contribution is 0.0980. The summed E-state index contributed by atoms with van der Waals surface area (Å²) >= 11 is 0. The normalized spacial score (nSPS) is 15.6. The SMILES string of the molecule is Cc1ccc2c(c1)-c1nc3nnnn3nc1C(C)(C)O2. The zero-order valence-corrected chi connectivity index (χ0v) is 11.3. The van der Waals surface area contributed by atoms with Crippen LogP contribution < -0.4 is 4.74 Å². The van der Waals surface area contributed by atoms with Crippen LogP contribution in [0.4, 0.5) is 0 Å². The molecule has 0 amide bonds. The van der Waals surface area contributed by atoms with Crippen LogP contribution in [0.3, 0.4) is 0 Å². The zero-order chi connectivity index (χ0) is 13.9. The van der Waals surface area contributed by atoms with E-state index in [0.29, 0.717) is 5.78 Å². The number of fused-ring (bicyclic) bond motifs is 4. The fraction of sp³-hybridized carbons (Fsp3) is 0.308. The minimum atomic E-state index is -0.579. The van der Waals surface area contributed by atoms with Crippen molar-refractivity contribution < 1.29 is 4.74 Å². The fourth-order valence-electron chi connectivity index (χ4n) is 2.44. The highest BCUT2D eigenvalue weighted by atomic mass is 16.5. The number of ether oxygens (including phenoxy) is 1. The smallest absolute Gasteiger partial charge is 0.291 e. The Bertz CT molecular complexity index is 838. The number of aryl methyl sites for hydroxylation is 1. The molecule has 1 aliphatic heterocycles. The molecule has 0 N–H and O–H groups in total. The maximum absolute atomic E-state index is 6.04. The van der Waals surface area contributed by atoms with Gasteiger partial charge in [0.2, 0.25) is 0 Å². The van der Waals surface area contributed by atoms with Crippen LogP contribution >= 0.6 is 0 Å². The summed E-state index contributed by atoms with van der Waals surface area (Å²) in [7, 11) is 0. The largest absolute Gasteiger partial charge is 0.481 e. The maximum Gasteiger partial charge on any atom is 0.291 e. The molecule has 0 unspecified atom stereocenters. The van der Waals surface area contributed by atoms with Gasteiger partial charge < -0.3 is 4.74 Å². The van der Waals surface area contributed by atoms with Crippen LogP contribution in [0.1, 0.15) is 25.1 Å². The Morgan fingerprint density at radius 1 is 1.25 bits per heavy atom. The Balaban J connectivity index is 2.11. The Kier molecular flexibility index (Phi) is 1.97. The lowest BCUT2D eigenvalue weighted by Gasteiger charge is -2.32. The topological polar surface area (TPSA) is 78.1 Å². The van der Waals surface area contributed by atoms with Gasteiger partial charge in [-0.25, -0.2) is 4.98 Å². The molecule has 100 valence electrons. The average Bonchev–Trinajstić information content (AvgIpc) is 2.85. The van der Waals surface area contributed by atoms with Gasteiger partial charge in [-0.1, -0.05) is 21.4 Å². The average molecular weight is 268 g/mol. The first kappa shape index (κ1) is 11.3. The fourth-order valence-corrected chi connectivity index (χ4v) is 2.44. The third kappa shape index (κ3) is 1.43. The van der Waals surface area contributed by atoms with Crippen molar-refractivity contribution in [1.82, 2.24) is 30.2 Å². The van der Waals surface area contributed by atoms with E-state index in [0.717, 1.165) is 28.3 Å². The summed E-state index contributed by atoms with van der Waals surface area (Å²) in [6, 6.07) is 6.02. The molecule has 0 bridgehead atoms. The third-order valence-corrected chi connectivity index (χ3v) is 3.39. The molecule has 7 nitrogen and oxygen atoms in total. The highest BCUT2D eigenvalue weighted by molar-refractivity contribution is 5.73. The number of tetrazole rings is 1. The minimum Gasteiger partial charge on any atom is -0.481 e. The van der Waals surface area contributed by atoms with E-state index < -0.39 is 5.60 Å². The van der Waals surface area contributed by atoms with Gasteiger partial charge in [-0.15, -0.1) is 5.10 Å². The van der Waals surface area contributed by atoms with Crippen LogP contribution in [0.15, 0.2) is 18.2 Å². The van der Waals surface area contributed by atoms with Crippen molar-refractivity contribution in [2.75, 3.05) is 0 Å². The van der Waals surface area contributed by atoms with Crippen molar-refractivity contribution in [3.05, 3.63) is 29.5 Å². The van der Waals surface area contributed by atoms with E-state index in [9.17, 15) is 0 Å². The summed E-state index contributed by atoms with van der Waals surface area (Å²) in [5.74, 6) is 1.19. The van der Waals surface area contributed by atoms with Gasteiger partial charge in [0.05, 0.1) is 0 Å². The quantitative estimate of drug-likeness (QED) is 0.615. The Hall–Kier alpha value is -2.57. The van der Waals surface area contributed by atoms with Crippen molar-refractivity contribution in [3.8, 4) is 17.0 Å². The van der Waals surface area contributed by atoms with E-state index in [1.54, 1.807) is 0 Å². The number of hydrogen-bond donors (Lipinski definition) is 0. The molecule has 0 atom stereocenters. The molecular weight excluding hydrogens is 256 g/mol. The molecule has 0 saturated heterocycles. The maximum atomic E-state index is 6.04. The van der Waals surface area contributed by atoms with E-state index in [1.807, 2.05) is 39.0 Å². The first-order chi connectivity index (χ1) is 9.54. The summed E-state index contributed by atoms with van der Waals surface area (Å²) in [4.78, 5) is 4.54. The summed E-state index contributed by atoms with van der Waals surface area (Å²) in [5.41, 5.74) is 3.00. The molecule has 0 spiro atoms. The second-order valence-corrected chi connectivity index (χ2v) is 5.39. The van der Waals surface area contributed by atoms with Gasteiger partial charge in [-0.2, -0.15) is 0 Å². The van der Waals surface area contributed by atoms with Gasteiger partial charge in [-0.05, 0) is 43.3 Å². The molecule has 1 aromatic carbocycles. The summed E-state index contributed by atoms with van der Waals surface area (Å²) in [5, 5.41) is 15.7. The van der Waals surface area contributed by atoms with E-state index >= 15 is 0 Å². The molecule has 20 heavy (non-hydrogen) atoms. The first-order valence-electron chi connectivity index (χ1n) is 6.31. The lowest BCUT2D eigenvalue weighted by atomic mass is 9.94. The predicted molar refractivity (Wildman–Crippen MR) is 70.2 cm³/mol. The molecule has 3 heterocycles. The zero-order valence-electron chi connectivity index (χ0n) is 11.3. The van der Waals surface area contributed by atoms with Gasteiger partial charge in [0.15, 0.2) is 0 Å². The van der Waals surface area contributed by atoms with E-state index in [4.69, 9.17) is 4.74 Å². The lowest BCUT2D eigenvalue weighted by Crippen LogP contribution is -2.32. The molecule has 3 aromatic rings. The molecule has 2 aromatic heterocycles. The first-order valence-corrected chi connectivity index (χ1v) is 6.31. The standard InChI is InChI=1S/C13H12N6O/c1-7-4-5-9-8(6-7)10-11(13(2,3)20-9)16-19-12(14-10)15-17-18-19/h4-6H,1-3H3. The number of benzene rings is 1. The molecule has 4 rings (SSSR count). The van der Waals surface area contributed by atoms with Crippen LogP contribution in [-0.2, 0) is 5.60 Å². The van der Waals surface area contributed by atoms with Crippen molar-refractivity contribution in [3.63, 3.8) is 0 Å². The van der Waals surface area contributed by atoms with Crippen molar-refractivity contribution in [1.29, 1.82) is 0 Å². The second kappa shape index (κ2) is 3.50. The monoisotopic (exact) mass is 268 g/mol. The van der Waals surface area contributed by atoms with E-state index in [-0.39, 0.29) is 0 Å². The molecule has 1 aliphatic rings. The van der Waals surface area contributed by atoms with Crippen molar-refractivity contribution >= 4 is 5.78 Å². The Labute approximate surface area is 114 Å². The molecule has 0 aliphatic carbocycles. The van der Waals surface area contributed by atoms with Crippen LogP contribution in [0.5, 0.6) is 5.75 Å². The molecule has 7 heteroatoms. The summed E-state index contributed by atoms with van der Waals surface area (Å²) < 4.78 is 7.37. The third-order valence-electron chi connectivity index (χ3n) is 3.39. The van der Waals surface area contributed by atoms with Gasteiger partial charge >= 0.3 is 0 Å². The van der Waals surface area contributed by atoms with E-state index in [2.05, 4.69) is 25.6 Å². The van der Waals surface area contributed by atoms with Gasteiger partial charge in [0.1, 0.15) is 22.7 Å². The minimum absolute atomic E-state index is 0.383. The van der Waals surface area contributed by atoms with Gasteiger partial charge in [0, 0.05) is 5.56 Å². The summed E-state index contributed by atoms with van der Waals surface area (Å²) in [6.07, 6.45) is 0. The van der Waals surface area contributed by atoms with E-state index in [1.165, 1.54) is 4.63 Å². The van der Waals surface area contributed by atoms with Crippen molar-refractivity contribution in [2.45, 2.75) is 26.4 Å². The molecular formula is C13H12N6O. The van der Waals surface area contributed by atoms with Crippen LogP contribution in [-0.4, -0.2) is 30.2 Å². The number of nitrogens with zero attached hydrogens (tertiary/aromatic N) is 6. The Morgan fingerprint density at radius 3 is 2.95 bits per heavy atom. The number of aromatic nitrogens is 6. The second-order valence-electron chi connectivity index (χ2n) is 5.39. The van der Waals surface area contributed by atoms with Gasteiger partial charge in [0.25, 0.3) is 5.78 Å². The van der Waals surface area contributed by atoms with Crippen LogP contribution in [0.2, 0.25) is 0 Å². The van der Waals surface area contributed by atoms with Gasteiger partial charge in [-0.3, -0.25) is 0 Å². The molecule has 0 fully saturated rings. The summed E-state index contributed by atoms with van der Waals surface area (Å²) in [6.45, 7) is 5.95. The van der Waals surface area contributed by atoms with Crippen molar-refractivity contribution in [2.24, 2.45) is 0 Å². The van der Waals surface area contributed by atoms with Crippen LogP contribution in [0, 0.1) is 6.92 Å². The molecule has 0 saturated carbocycles. The number of rotatable bonds is 0. The van der Waals surface area contributed by atoms with Crippen LogP contribution in [0.25, 0.3) is 17.0 Å². The predicted octanol–water partition coefficient (Wildman–Crippen LogP) is 1.52. The Morgan fingerprint density at radius 2 is 2.10 bits per heavy atom. The highest BCUT2D eigenvalue weighted by Crippen LogP contribution is 2.43. The molecule has 0 radical (unpaired) electrons. The number of hydrogen-bond acceptors (Lipinski definition) is 6.